The van der Waals surface area contributed by atoms with Crippen molar-refractivity contribution < 1.29 is 14.3 Å². The molecule has 2 rings (SSSR count). The molecule has 1 heterocycles. The highest BCUT2D eigenvalue weighted by Crippen LogP contribution is 2.22. The molecule has 0 unspecified atom stereocenters. The van der Waals surface area contributed by atoms with Crippen LogP contribution in [0.3, 0.4) is 0 Å². The van der Waals surface area contributed by atoms with Gasteiger partial charge in [0.15, 0.2) is 6.61 Å². The second-order valence-electron chi connectivity index (χ2n) is 5.63. The van der Waals surface area contributed by atoms with E-state index in [1.54, 1.807) is 4.90 Å². The number of hydrogen-bond donors (Lipinski definition) is 1. The average molecular weight is 305 g/mol. The van der Waals surface area contributed by atoms with Crippen LogP contribution in [0.15, 0.2) is 18.2 Å². The van der Waals surface area contributed by atoms with Gasteiger partial charge in [-0.3, -0.25) is 14.5 Å². The number of nitrogens with zero attached hydrogens (tertiary/aromatic N) is 2. The molecule has 0 aliphatic carbocycles. The molecular formula is C16H23N3O3. The summed E-state index contributed by atoms with van der Waals surface area (Å²) in [6.45, 7) is 6.76. The van der Waals surface area contributed by atoms with Crippen LogP contribution in [0.4, 0.5) is 0 Å². The third-order valence-electron chi connectivity index (χ3n) is 3.85. The number of amides is 2. The fourth-order valence-electron chi connectivity index (χ4n) is 2.63. The van der Waals surface area contributed by atoms with Crippen LogP contribution in [0.2, 0.25) is 0 Å². The van der Waals surface area contributed by atoms with Crippen LogP contribution in [0.1, 0.15) is 11.1 Å². The van der Waals surface area contributed by atoms with Crippen molar-refractivity contribution in [2.24, 2.45) is 5.73 Å². The summed E-state index contributed by atoms with van der Waals surface area (Å²) in [6.07, 6.45) is 0. The van der Waals surface area contributed by atoms with E-state index < -0.39 is 0 Å². The molecule has 1 fully saturated rings. The fourth-order valence-corrected chi connectivity index (χ4v) is 2.63. The molecule has 1 aliphatic heterocycles. The van der Waals surface area contributed by atoms with Crippen LogP contribution >= 0.6 is 0 Å². The molecule has 0 aromatic heterocycles. The monoisotopic (exact) mass is 305 g/mol. The van der Waals surface area contributed by atoms with Crippen molar-refractivity contribution in [2.75, 3.05) is 39.3 Å². The Kier molecular flexibility index (Phi) is 5.38. The van der Waals surface area contributed by atoms with E-state index in [0.717, 1.165) is 16.9 Å². The van der Waals surface area contributed by atoms with Crippen molar-refractivity contribution in [3.63, 3.8) is 0 Å². The minimum absolute atomic E-state index is 0.0265. The Bertz CT molecular complexity index is 531. The van der Waals surface area contributed by atoms with E-state index in [1.807, 2.05) is 36.9 Å². The molecule has 6 nitrogen and oxygen atoms in total. The Labute approximate surface area is 130 Å². The summed E-state index contributed by atoms with van der Waals surface area (Å²) >= 11 is 0. The lowest BCUT2D eigenvalue weighted by Crippen LogP contribution is -2.51. The fraction of sp³-hybridized carbons (Fsp3) is 0.500. The third-order valence-corrected chi connectivity index (χ3v) is 3.85. The molecule has 1 aliphatic rings. The molecule has 22 heavy (non-hydrogen) atoms. The minimum atomic E-state index is -0.335. The number of primary amides is 1. The van der Waals surface area contributed by atoms with E-state index in [1.165, 1.54) is 0 Å². The van der Waals surface area contributed by atoms with E-state index in [9.17, 15) is 9.59 Å². The molecule has 0 saturated carbocycles. The molecule has 1 saturated heterocycles. The summed E-state index contributed by atoms with van der Waals surface area (Å²) in [6, 6.07) is 5.90. The molecule has 6 heteroatoms. The Balaban J connectivity index is 1.83. The maximum atomic E-state index is 12.2. The molecule has 2 N–H and O–H groups in total. The minimum Gasteiger partial charge on any atom is -0.483 e. The van der Waals surface area contributed by atoms with Crippen LogP contribution in [0.5, 0.6) is 5.75 Å². The van der Waals surface area contributed by atoms with E-state index in [0.29, 0.717) is 26.2 Å². The maximum Gasteiger partial charge on any atom is 0.260 e. The molecular weight excluding hydrogens is 282 g/mol. The highest BCUT2D eigenvalue weighted by atomic mass is 16.5. The zero-order valence-corrected chi connectivity index (χ0v) is 13.2. The third kappa shape index (κ3) is 4.21. The van der Waals surface area contributed by atoms with Gasteiger partial charge in [0.25, 0.3) is 5.91 Å². The SMILES string of the molecule is Cc1cccc(C)c1OCC(=O)N1CCN(CC(N)=O)CC1. The van der Waals surface area contributed by atoms with E-state index in [-0.39, 0.29) is 25.0 Å². The van der Waals surface area contributed by atoms with E-state index >= 15 is 0 Å². The highest BCUT2D eigenvalue weighted by molar-refractivity contribution is 5.78. The average Bonchev–Trinajstić information content (AvgIpc) is 2.46. The first-order valence-corrected chi connectivity index (χ1v) is 7.45. The van der Waals surface area contributed by atoms with Gasteiger partial charge in [-0.05, 0) is 25.0 Å². The first-order chi connectivity index (χ1) is 10.5. The lowest BCUT2D eigenvalue weighted by Gasteiger charge is -2.34. The molecule has 120 valence electrons. The van der Waals surface area contributed by atoms with Crippen LogP contribution in [-0.4, -0.2) is 60.9 Å². The van der Waals surface area contributed by atoms with Gasteiger partial charge < -0.3 is 15.4 Å². The molecule has 2 amide bonds. The summed E-state index contributed by atoms with van der Waals surface area (Å²) in [5, 5.41) is 0. The number of hydrogen-bond acceptors (Lipinski definition) is 4. The Morgan fingerprint density at radius 2 is 1.73 bits per heavy atom. The maximum absolute atomic E-state index is 12.2. The summed E-state index contributed by atoms with van der Waals surface area (Å²) in [7, 11) is 0. The molecule has 0 bridgehead atoms. The standard InChI is InChI=1S/C16H23N3O3/c1-12-4-3-5-13(2)16(12)22-11-15(21)19-8-6-18(7-9-19)10-14(17)20/h3-5H,6-11H2,1-2H3,(H2,17,20). The summed E-state index contributed by atoms with van der Waals surface area (Å²) < 4.78 is 5.70. The number of rotatable bonds is 5. The lowest BCUT2D eigenvalue weighted by atomic mass is 10.1. The summed E-state index contributed by atoms with van der Waals surface area (Å²) in [5.74, 6) is 0.419. The van der Waals surface area contributed by atoms with Gasteiger partial charge in [-0.2, -0.15) is 0 Å². The zero-order valence-electron chi connectivity index (χ0n) is 13.2. The Hall–Kier alpha value is -2.08. The second-order valence-corrected chi connectivity index (χ2v) is 5.63. The Morgan fingerprint density at radius 1 is 1.14 bits per heavy atom. The van der Waals surface area contributed by atoms with Crippen molar-refractivity contribution in [1.29, 1.82) is 0 Å². The molecule has 1 aromatic rings. The highest BCUT2D eigenvalue weighted by Gasteiger charge is 2.22. The normalized spacial score (nSPS) is 15.6. The zero-order chi connectivity index (χ0) is 16.1. The quantitative estimate of drug-likeness (QED) is 0.849. The van der Waals surface area contributed by atoms with Gasteiger partial charge >= 0.3 is 0 Å². The van der Waals surface area contributed by atoms with Crippen molar-refractivity contribution in [1.82, 2.24) is 9.80 Å². The summed E-state index contributed by atoms with van der Waals surface area (Å²) in [4.78, 5) is 26.8. The molecule has 0 spiro atoms. The van der Waals surface area contributed by atoms with Gasteiger partial charge in [0.2, 0.25) is 5.91 Å². The van der Waals surface area contributed by atoms with Gasteiger partial charge in [0, 0.05) is 26.2 Å². The number of benzene rings is 1. The smallest absolute Gasteiger partial charge is 0.260 e. The predicted molar refractivity (Wildman–Crippen MR) is 83.6 cm³/mol. The number of para-hydroxylation sites is 1. The molecule has 1 aromatic carbocycles. The van der Waals surface area contributed by atoms with Gasteiger partial charge in [-0.15, -0.1) is 0 Å². The van der Waals surface area contributed by atoms with Crippen molar-refractivity contribution in [2.45, 2.75) is 13.8 Å². The number of aryl methyl sites for hydroxylation is 2. The number of carbonyl (C=O) groups excluding carboxylic acids is 2. The lowest BCUT2D eigenvalue weighted by molar-refractivity contribution is -0.135. The van der Waals surface area contributed by atoms with Crippen LogP contribution in [0, 0.1) is 13.8 Å². The predicted octanol–water partition coefficient (Wildman–Crippen LogP) is 0.312. The van der Waals surface area contributed by atoms with Crippen LogP contribution in [-0.2, 0) is 9.59 Å². The van der Waals surface area contributed by atoms with E-state index in [4.69, 9.17) is 10.5 Å². The Morgan fingerprint density at radius 3 is 2.27 bits per heavy atom. The van der Waals surface area contributed by atoms with Gasteiger partial charge in [0.05, 0.1) is 6.54 Å². The van der Waals surface area contributed by atoms with Crippen LogP contribution in [0.25, 0.3) is 0 Å². The number of carbonyl (C=O) groups is 2. The number of nitrogens with two attached hydrogens (primary N) is 1. The summed E-state index contributed by atoms with van der Waals surface area (Å²) in [5.41, 5.74) is 7.23. The first-order valence-electron chi connectivity index (χ1n) is 7.45. The van der Waals surface area contributed by atoms with Gasteiger partial charge in [-0.25, -0.2) is 0 Å². The van der Waals surface area contributed by atoms with Crippen molar-refractivity contribution in [3.05, 3.63) is 29.3 Å². The van der Waals surface area contributed by atoms with Crippen molar-refractivity contribution in [3.8, 4) is 5.75 Å². The van der Waals surface area contributed by atoms with Gasteiger partial charge in [-0.1, -0.05) is 18.2 Å². The van der Waals surface area contributed by atoms with Gasteiger partial charge in [0.1, 0.15) is 5.75 Å². The van der Waals surface area contributed by atoms with Crippen molar-refractivity contribution >= 4 is 11.8 Å². The molecule has 0 radical (unpaired) electrons. The largest absolute Gasteiger partial charge is 0.483 e. The first kappa shape index (κ1) is 16.3. The number of piperazine rings is 1. The second kappa shape index (κ2) is 7.26. The van der Waals surface area contributed by atoms with E-state index in [2.05, 4.69) is 0 Å². The van der Waals surface area contributed by atoms with Crippen LogP contribution < -0.4 is 10.5 Å². The number of ether oxygens (including phenoxy) is 1. The molecule has 0 atom stereocenters. The topological polar surface area (TPSA) is 75.9 Å².